The molecule has 0 aliphatic heterocycles. The largest absolute Gasteiger partial charge is 0.284 e. The zero-order valence-corrected chi connectivity index (χ0v) is 12.5. The first kappa shape index (κ1) is 14.3. The van der Waals surface area contributed by atoms with Crippen LogP contribution in [-0.4, -0.2) is 12.3 Å². The molecule has 3 aromatic rings. The van der Waals surface area contributed by atoms with Crippen molar-refractivity contribution in [3.8, 4) is 0 Å². The Kier molecular flexibility index (Phi) is 4.78. The third-order valence-electron chi connectivity index (χ3n) is 3.61. The van der Waals surface area contributed by atoms with Gasteiger partial charge in [0.1, 0.15) is 0 Å². The summed E-state index contributed by atoms with van der Waals surface area (Å²) in [6.45, 7) is 0.795. The molecule has 0 aromatic heterocycles. The van der Waals surface area contributed by atoms with E-state index in [2.05, 4.69) is 72.8 Å². The highest BCUT2D eigenvalue weighted by Crippen LogP contribution is 2.11. The predicted molar refractivity (Wildman–Crippen MR) is 93.5 cm³/mol. The van der Waals surface area contributed by atoms with Crippen LogP contribution in [0, 0.1) is 0 Å². The fourth-order valence-corrected chi connectivity index (χ4v) is 2.48. The lowest BCUT2D eigenvalue weighted by Gasteiger charge is -2.08. The Morgan fingerprint density at radius 1 is 0.591 bits per heavy atom. The van der Waals surface area contributed by atoms with E-state index < -0.39 is 0 Å². The van der Waals surface area contributed by atoms with E-state index >= 15 is 0 Å². The van der Waals surface area contributed by atoms with Crippen molar-refractivity contribution < 1.29 is 0 Å². The summed E-state index contributed by atoms with van der Waals surface area (Å²) in [5.41, 5.74) is 4.73. The Balaban J connectivity index is 1.84. The minimum atomic E-state index is 0.795. The number of hydrogen-bond donors (Lipinski definition) is 0. The monoisotopic (exact) mass is 286 g/mol. The Morgan fingerprint density at radius 2 is 1.05 bits per heavy atom. The zero-order valence-electron chi connectivity index (χ0n) is 12.5. The van der Waals surface area contributed by atoms with Crippen LogP contribution in [0.25, 0.3) is 0 Å². The van der Waals surface area contributed by atoms with Crippen LogP contribution in [0.15, 0.2) is 96.0 Å². The number of nitrogens with zero attached hydrogens (tertiary/aromatic N) is 1. The molecule has 0 aliphatic rings. The molecule has 0 aliphatic carbocycles. The molecule has 0 bridgehead atoms. The second-order valence-corrected chi connectivity index (χ2v) is 5.20. The summed E-state index contributed by atoms with van der Waals surface area (Å²) in [6.07, 6.45) is 0.962. The first-order valence-corrected chi connectivity index (χ1v) is 7.63. The molecular formula is C21H19N. The van der Waals surface area contributed by atoms with Crippen molar-refractivity contribution in [2.75, 3.05) is 6.54 Å². The SMILES string of the molecule is c1ccc(CC[15N]=C(c2ccccc2)c2ccccc2)cc1. The van der Waals surface area contributed by atoms with Crippen molar-refractivity contribution in [3.05, 3.63) is 108 Å². The van der Waals surface area contributed by atoms with E-state index in [1.807, 2.05) is 18.2 Å². The van der Waals surface area contributed by atoms with Gasteiger partial charge in [0.25, 0.3) is 0 Å². The van der Waals surface area contributed by atoms with Crippen LogP contribution in [0.2, 0.25) is 0 Å². The number of aliphatic imine (C=N–C) groups is 1. The van der Waals surface area contributed by atoms with Gasteiger partial charge in [-0.05, 0) is 12.0 Å². The molecule has 0 N–H and O–H groups in total. The molecule has 0 amide bonds. The van der Waals surface area contributed by atoms with Crippen LogP contribution >= 0.6 is 0 Å². The molecule has 0 unspecified atom stereocenters. The van der Waals surface area contributed by atoms with E-state index in [0.29, 0.717) is 0 Å². The minimum absolute atomic E-state index is 0.795. The Hall–Kier alpha value is -2.67. The normalized spacial score (nSPS) is 10.2. The van der Waals surface area contributed by atoms with E-state index in [0.717, 1.165) is 18.7 Å². The predicted octanol–water partition coefficient (Wildman–Crippen LogP) is 4.77. The third-order valence-corrected chi connectivity index (χ3v) is 3.61. The van der Waals surface area contributed by atoms with Crippen LogP contribution in [0.1, 0.15) is 16.7 Å². The van der Waals surface area contributed by atoms with Crippen molar-refractivity contribution in [1.82, 2.24) is 0 Å². The topological polar surface area (TPSA) is 12.4 Å². The highest BCUT2D eigenvalue weighted by atomic mass is 15.5. The van der Waals surface area contributed by atoms with E-state index in [1.54, 1.807) is 0 Å². The van der Waals surface area contributed by atoms with Gasteiger partial charge in [-0.1, -0.05) is 91.0 Å². The minimum Gasteiger partial charge on any atom is -0.284 e. The van der Waals surface area contributed by atoms with Gasteiger partial charge in [0.15, 0.2) is 0 Å². The summed E-state index contributed by atoms with van der Waals surface area (Å²) in [5, 5.41) is 0. The lowest BCUT2D eigenvalue weighted by atomic mass is 10.0. The number of benzene rings is 3. The van der Waals surface area contributed by atoms with Gasteiger partial charge < -0.3 is 0 Å². The van der Waals surface area contributed by atoms with Crippen LogP contribution in [-0.2, 0) is 6.42 Å². The zero-order chi connectivity index (χ0) is 15.0. The summed E-state index contributed by atoms with van der Waals surface area (Å²) < 4.78 is 0. The molecule has 0 saturated carbocycles. The smallest absolute Gasteiger partial charge is 0.0719 e. The highest BCUT2D eigenvalue weighted by Gasteiger charge is 2.05. The average molecular weight is 286 g/mol. The summed E-state index contributed by atoms with van der Waals surface area (Å²) in [7, 11) is 0. The van der Waals surface area contributed by atoms with Gasteiger partial charge in [0.2, 0.25) is 0 Å². The third kappa shape index (κ3) is 3.70. The molecule has 0 atom stereocenters. The van der Waals surface area contributed by atoms with Crippen molar-refractivity contribution in [2.45, 2.75) is 6.42 Å². The Morgan fingerprint density at radius 3 is 1.55 bits per heavy atom. The molecule has 3 rings (SSSR count). The van der Waals surface area contributed by atoms with Gasteiger partial charge in [0.05, 0.1) is 5.71 Å². The molecule has 0 fully saturated rings. The first-order chi connectivity index (χ1) is 10.9. The standard InChI is InChI=1S/C21H19N/c1-4-10-18(11-5-1)16-17-22-21(19-12-6-2-7-13-19)20-14-8-3-9-15-20/h1-15H,16-17H2/i22+1. The lowest BCUT2D eigenvalue weighted by molar-refractivity contribution is 0.969. The van der Waals surface area contributed by atoms with E-state index in [-0.39, 0.29) is 0 Å². The summed E-state index contributed by atoms with van der Waals surface area (Å²) >= 11 is 0. The van der Waals surface area contributed by atoms with Gasteiger partial charge >= 0.3 is 0 Å². The van der Waals surface area contributed by atoms with E-state index in [9.17, 15) is 0 Å². The summed E-state index contributed by atoms with van der Waals surface area (Å²) in [4.78, 5) is 4.88. The van der Waals surface area contributed by atoms with Gasteiger partial charge in [-0.25, -0.2) is 0 Å². The molecule has 0 saturated heterocycles. The van der Waals surface area contributed by atoms with Gasteiger partial charge in [-0.2, -0.15) is 0 Å². The molecule has 0 spiro atoms. The van der Waals surface area contributed by atoms with E-state index in [1.165, 1.54) is 16.7 Å². The van der Waals surface area contributed by atoms with Gasteiger partial charge in [0, 0.05) is 17.7 Å². The maximum absolute atomic E-state index is 4.88. The van der Waals surface area contributed by atoms with Crippen LogP contribution in [0.5, 0.6) is 0 Å². The second-order valence-electron chi connectivity index (χ2n) is 5.20. The fourth-order valence-electron chi connectivity index (χ4n) is 2.48. The molecule has 1 heteroatoms. The lowest BCUT2D eigenvalue weighted by Crippen LogP contribution is -2.05. The molecule has 1 nitrogen and oxygen atoms in total. The van der Waals surface area contributed by atoms with Crippen LogP contribution in [0.3, 0.4) is 0 Å². The quantitative estimate of drug-likeness (QED) is 0.473. The second kappa shape index (κ2) is 7.37. The van der Waals surface area contributed by atoms with Crippen LogP contribution < -0.4 is 0 Å². The van der Waals surface area contributed by atoms with Crippen LogP contribution in [0.4, 0.5) is 0 Å². The molecule has 3 aromatic carbocycles. The van der Waals surface area contributed by atoms with E-state index in [4.69, 9.17) is 4.99 Å². The fraction of sp³-hybridized carbons (Fsp3) is 0.0952. The first-order valence-electron chi connectivity index (χ1n) is 7.63. The Labute approximate surface area is 132 Å². The van der Waals surface area contributed by atoms with Gasteiger partial charge in [-0.3, -0.25) is 4.99 Å². The summed E-state index contributed by atoms with van der Waals surface area (Å²) in [5.74, 6) is 0. The average Bonchev–Trinajstić information content (AvgIpc) is 2.61. The maximum atomic E-state index is 4.88. The molecular weight excluding hydrogens is 267 g/mol. The van der Waals surface area contributed by atoms with Crippen molar-refractivity contribution in [1.29, 1.82) is 0 Å². The molecule has 108 valence electrons. The van der Waals surface area contributed by atoms with Crippen molar-refractivity contribution in [3.63, 3.8) is 0 Å². The Bertz CT molecular complexity index is 674. The molecule has 0 radical (unpaired) electrons. The summed E-state index contributed by atoms with van der Waals surface area (Å²) in [6, 6.07) is 31.3. The van der Waals surface area contributed by atoms with Crippen molar-refractivity contribution in [2.24, 2.45) is 4.99 Å². The molecule has 0 heterocycles. The molecule has 22 heavy (non-hydrogen) atoms. The van der Waals surface area contributed by atoms with Crippen molar-refractivity contribution >= 4 is 5.71 Å². The number of hydrogen-bond acceptors (Lipinski definition) is 1. The number of rotatable bonds is 5. The highest BCUT2D eigenvalue weighted by molar-refractivity contribution is 6.12. The maximum Gasteiger partial charge on any atom is 0.0719 e. The van der Waals surface area contributed by atoms with Gasteiger partial charge in [-0.15, -0.1) is 0 Å².